The molecule has 0 saturated carbocycles. The Balaban J connectivity index is 2.01. The average molecular weight is 299 g/mol. The summed E-state index contributed by atoms with van der Waals surface area (Å²) in [6, 6.07) is 11.5. The predicted molar refractivity (Wildman–Crippen MR) is 84.2 cm³/mol. The van der Waals surface area contributed by atoms with Crippen LogP contribution in [0.25, 0.3) is 0 Å². The summed E-state index contributed by atoms with van der Waals surface area (Å²) < 4.78 is 0. The maximum Gasteiger partial charge on any atom is 0.265 e. The molecular weight excluding hydrogens is 278 g/mol. The molecule has 2 rings (SSSR count). The zero-order valence-electron chi connectivity index (χ0n) is 12.7. The normalized spacial score (nSPS) is 16.6. The van der Waals surface area contributed by atoms with E-state index < -0.39 is 5.91 Å². The number of piperazine rings is 1. The van der Waals surface area contributed by atoms with Crippen LogP contribution in [0.5, 0.6) is 0 Å². The van der Waals surface area contributed by atoms with Crippen LogP contribution in [0.2, 0.25) is 0 Å². The number of carbonyl (C=O) groups is 1. The summed E-state index contributed by atoms with van der Waals surface area (Å²) in [6.07, 6.45) is 0. The molecule has 0 spiro atoms. The second kappa shape index (κ2) is 7.48. The monoisotopic (exact) mass is 299 g/mol. The lowest BCUT2D eigenvalue weighted by Gasteiger charge is -2.34. The maximum atomic E-state index is 12.2. The van der Waals surface area contributed by atoms with Gasteiger partial charge in [-0.25, -0.2) is 0 Å². The first-order chi connectivity index (χ1) is 10.6. The van der Waals surface area contributed by atoms with E-state index >= 15 is 0 Å². The van der Waals surface area contributed by atoms with Crippen LogP contribution in [0.1, 0.15) is 5.56 Å². The first-order valence-electron chi connectivity index (χ1n) is 7.27. The molecule has 1 aliphatic rings. The molecule has 0 radical (unpaired) electrons. The van der Waals surface area contributed by atoms with Gasteiger partial charge in [-0.1, -0.05) is 30.3 Å². The summed E-state index contributed by atoms with van der Waals surface area (Å²) in [6.45, 7) is 3.55. The minimum Gasteiger partial charge on any atom is -0.384 e. The van der Waals surface area contributed by atoms with Crippen molar-refractivity contribution in [3.05, 3.63) is 47.3 Å². The molecule has 1 heterocycles. The van der Waals surface area contributed by atoms with E-state index in [9.17, 15) is 10.1 Å². The zero-order valence-corrected chi connectivity index (χ0v) is 12.7. The van der Waals surface area contributed by atoms with Crippen LogP contribution in [-0.4, -0.2) is 48.9 Å². The topological polar surface area (TPSA) is 85.4 Å². The Kier molecular flexibility index (Phi) is 5.39. The highest BCUT2D eigenvalue weighted by Gasteiger charge is 2.21. The van der Waals surface area contributed by atoms with E-state index in [-0.39, 0.29) is 11.4 Å². The second-order valence-electron chi connectivity index (χ2n) is 5.33. The largest absolute Gasteiger partial charge is 0.384 e. The quantitative estimate of drug-likeness (QED) is 0.614. The lowest BCUT2D eigenvalue weighted by atomic mass is 10.2. The molecule has 3 N–H and O–H groups in total. The minimum atomic E-state index is -0.428. The molecule has 22 heavy (non-hydrogen) atoms. The first-order valence-corrected chi connectivity index (χ1v) is 7.27. The molecule has 1 saturated heterocycles. The van der Waals surface area contributed by atoms with Crippen LogP contribution in [0, 0.1) is 11.3 Å². The van der Waals surface area contributed by atoms with Crippen molar-refractivity contribution >= 4 is 5.91 Å². The lowest BCUT2D eigenvalue weighted by molar-refractivity contribution is -0.117. The van der Waals surface area contributed by atoms with Gasteiger partial charge in [0.25, 0.3) is 5.91 Å². The highest BCUT2D eigenvalue weighted by atomic mass is 16.1. The van der Waals surface area contributed by atoms with Gasteiger partial charge in [-0.3, -0.25) is 4.79 Å². The van der Waals surface area contributed by atoms with E-state index in [2.05, 4.69) is 10.2 Å². The van der Waals surface area contributed by atoms with Crippen molar-refractivity contribution in [1.29, 1.82) is 5.26 Å². The van der Waals surface area contributed by atoms with Crippen LogP contribution in [-0.2, 0) is 11.3 Å². The van der Waals surface area contributed by atoms with E-state index in [1.165, 1.54) is 0 Å². The Labute approximate surface area is 130 Å². The molecule has 1 fully saturated rings. The smallest absolute Gasteiger partial charge is 0.265 e. The zero-order chi connectivity index (χ0) is 15.9. The van der Waals surface area contributed by atoms with E-state index in [1.807, 2.05) is 48.3 Å². The number of nitriles is 1. The number of benzene rings is 1. The molecule has 1 aromatic rings. The fraction of sp³-hybridized carbons (Fsp3) is 0.375. The summed E-state index contributed by atoms with van der Waals surface area (Å²) in [5, 5.41) is 12.0. The first kappa shape index (κ1) is 15.9. The number of amides is 1. The van der Waals surface area contributed by atoms with E-state index in [0.717, 1.165) is 31.7 Å². The van der Waals surface area contributed by atoms with Crippen molar-refractivity contribution in [3.63, 3.8) is 0 Å². The minimum absolute atomic E-state index is 0.0134. The molecular formula is C16H21N5O. The van der Waals surface area contributed by atoms with Gasteiger partial charge in [0.1, 0.15) is 11.9 Å². The summed E-state index contributed by atoms with van der Waals surface area (Å²) in [5.74, 6) is -0.163. The van der Waals surface area contributed by atoms with Crippen molar-refractivity contribution in [2.24, 2.45) is 5.73 Å². The molecule has 0 aliphatic carbocycles. The summed E-state index contributed by atoms with van der Waals surface area (Å²) in [7, 11) is 2.04. The molecule has 0 aromatic heterocycles. The van der Waals surface area contributed by atoms with Crippen molar-refractivity contribution < 1.29 is 4.79 Å². The molecule has 1 amide bonds. The molecule has 1 aromatic carbocycles. The third-order valence-corrected chi connectivity index (χ3v) is 3.73. The van der Waals surface area contributed by atoms with Gasteiger partial charge >= 0.3 is 0 Å². The van der Waals surface area contributed by atoms with Crippen molar-refractivity contribution in [2.45, 2.75) is 6.54 Å². The molecule has 0 unspecified atom stereocenters. The molecule has 6 nitrogen and oxygen atoms in total. The van der Waals surface area contributed by atoms with Crippen LogP contribution in [0.3, 0.4) is 0 Å². The number of nitrogens with zero attached hydrogens (tertiary/aromatic N) is 3. The van der Waals surface area contributed by atoms with Crippen molar-refractivity contribution in [3.8, 4) is 6.07 Å². The summed E-state index contributed by atoms with van der Waals surface area (Å²) in [4.78, 5) is 16.3. The van der Waals surface area contributed by atoms with Crippen molar-refractivity contribution in [2.75, 3.05) is 33.2 Å². The Morgan fingerprint density at radius 3 is 2.50 bits per heavy atom. The van der Waals surface area contributed by atoms with Gasteiger partial charge < -0.3 is 20.9 Å². The van der Waals surface area contributed by atoms with Gasteiger partial charge in [-0.05, 0) is 12.6 Å². The molecule has 116 valence electrons. The number of nitrogens with one attached hydrogen (secondary N) is 1. The van der Waals surface area contributed by atoms with Crippen LogP contribution in [0.15, 0.2) is 41.7 Å². The van der Waals surface area contributed by atoms with Gasteiger partial charge in [-0.2, -0.15) is 5.26 Å². The summed E-state index contributed by atoms with van der Waals surface area (Å²) >= 11 is 0. The number of likely N-dealkylation sites (N-methyl/N-ethyl adjacent to an activating group) is 1. The maximum absolute atomic E-state index is 12.2. The second-order valence-corrected chi connectivity index (χ2v) is 5.33. The Hall–Kier alpha value is -2.52. The summed E-state index contributed by atoms with van der Waals surface area (Å²) in [5.41, 5.74) is 6.99. The molecule has 0 atom stereocenters. The van der Waals surface area contributed by atoms with E-state index in [1.54, 1.807) is 0 Å². The highest BCUT2D eigenvalue weighted by molar-refractivity contribution is 5.97. The third kappa shape index (κ3) is 3.99. The molecule has 6 heteroatoms. The number of hydrogen-bond acceptors (Lipinski definition) is 5. The van der Waals surface area contributed by atoms with Crippen LogP contribution < -0.4 is 11.1 Å². The van der Waals surface area contributed by atoms with Crippen LogP contribution in [0.4, 0.5) is 0 Å². The van der Waals surface area contributed by atoms with Gasteiger partial charge in [0, 0.05) is 32.7 Å². The van der Waals surface area contributed by atoms with Gasteiger partial charge in [0.2, 0.25) is 0 Å². The number of hydrogen-bond donors (Lipinski definition) is 2. The molecule has 1 aliphatic heterocycles. The average Bonchev–Trinajstić information content (AvgIpc) is 2.55. The standard InChI is InChI=1S/C16H21N5O/c1-20-7-9-21(10-8-20)15(18)14(11-17)16(22)19-12-13-5-3-2-4-6-13/h2-6H,7-10,12,18H2,1H3,(H,19,22)/b15-14+. The number of rotatable bonds is 4. The number of nitrogens with two attached hydrogens (primary N) is 1. The lowest BCUT2D eigenvalue weighted by Crippen LogP contribution is -2.46. The van der Waals surface area contributed by atoms with Crippen LogP contribution >= 0.6 is 0 Å². The third-order valence-electron chi connectivity index (χ3n) is 3.73. The Morgan fingerprint density at radius 2 is 1.91 bits per heavy atom. The fourth-order valence-corrected chi connectivity index (χ4v) is 2.30. The van der Waals surface area contributed by atoms with Gasteiger partial charge in [-0.15, -0.1) is 0 Å². The number of carbonyl (C=O) groups excluding carboxylic acids is 1. The van der Waals surface area contributed by atoms with E-state index in [0.29, 0.717) is 6.54 Å². The Morgan fingerprint density at radius 1 is 1.27 bits per heavy atom. The predicted octanol–water partition coefficient (Wildman–Crippen LogP) is 0.244. The van der Waals surface area contributed by atoms with Crippen molar-refractivity contribution in [1.82, 2.24) is 15.1 Å². The SMILES string of the molecule is CN1CCN(/C(N)=C(\C#N)C(=O)NCc2ccccc2)CC1. The van der Waals surface area contributed by atoms with Gasteiger partial charge in [0.15, 0.2) is 5.57 Å². The fourth-order valence-electron chi connectivity index (χ4n) is 2.30. The van der Waals surface area contributed by atoms with E-state index in [4.69, 9.17) is 5.73 Å². The highest BCUT2D eigenvalue weighted by Crippen LogP contribution is 2.09. The Bertz CT molecular complexity index is 582. The van der Waals surface area contributed by atoms with Gasteiger partial charge in [0.05, 0.1) is 0 Å². The molecule has 0 bridgehead atoms.